The number of nitrogens with one attached hydrogen (secondary N) is 1. The SMILES string of the molecule is CC(C)NS(=O)(=O)Cc1ccncc1. The summed E-state index contributed by atoms with van der Waals surface area (Å²) in [4.78, 5) is 3.82. The van der Waals surface area contributed by atoms with Crippen LogP contribution in [-0.4, -0.2) is 19.4 Å². The minimum atomic E-state index is -3.21. The maximum atomic E-state index is 11.5. The van der Waals surface area contributed by atoms with E-state index >= 15 is 0 Å². The van der Waals surface area contributed by atoms with Crippen molar-refractivity contribution >= 4 is 10.0 Å². The average Bonchev–Trinajstić information content (AvgIpc) is 2.02. The molecular formula is C9H14N2O2S. The number of nitrogens with zero attached hydrogens (tertiary/aromatic N) is 1. The predicted molar refractivity (Wildman–Crippen MR) is 55.1 cm³/mol. The summed E-state index contributed by atoms with van der Waals surface area (Å²) < 4.78 is 25.5. The van der Waals surface area contributed by atoms with Crippen molar-refractivity contribution in [2.75, 3.05) is 0 Å². The van der Waals surface area contributed by atoms with Crippen LogP contribution >= 0.6 is 0 Å². The highest BCUT2D eigenvalue weighted by Crippen LogP contribution is 2.03. The summed E-state index contributed by atoms with van der Waals surface area (Å²) in [7, 11) is -3.21. The predicted octanol–water partition coefficient (Wildman–Crippen LogP) is 0.909. The highest BCUT2D eigenvalue weighted by molar-refractivity contribution is 7.88. The quantitative estimate of drug-likeness (QED) is 0.810. The van der Waals surface area contributed by atoms with Gasteiger partial charge in [0, 0.05) is 18.4 Å². The van der Waals surface area contributed by atoms with Gasteiger partial charge in [-0.3, -0.25) is 4.98 Å². The maximum absolute atomic E-state index is 11.5. The summed E-state index contributed by atoms with van der Waals surface area (Å²) in [6, 6.07) is 3.32. The second-order valence-corrected chi connectivity index (χ2v) is 5.14. The number of pyridine rings is 1. The first-order valence-corrected chi connectivity index (χ1v) is 6.04. The highest BCUT2D eigenvalue weighted by Gasteiger charge is 2.12. The van der Waals surface area contributed by atoms with Crippen molar-refractivity contribution in [3.8, 4) is 0 Å². The van der Waals surface area contributed by atoms with E-state index in [2.05, 4.69) is 9.71 Å². The number of hydrogen-bond acceptors (Lipinski definition) is 3. The number of hydrogen-bond donors (Lipinski definition) is 1. The van der Waals surface area contributed by atoms with E-state index in [1.165, 1.54) is 0 Å². The normalized spacial score (nSPS) is 11.9. The Hall–Kier alpha value is -0.940. The first-order valence-electron chi connectivity index (χ1n) is 4.38. The molecule has 14 heavy (non-hydrogen) atoms. The molecule has 5 heteroatoms. The van der Waals surface area contributed by atoms with Crippen molar-refractivity contribution in [1.82, 2.24) is 9.71 Å². The molecule has 0 atom stereocenters. The van der Waals surface area contributed by atoms with Gasteiger partial charge in [-0.05, 0) is 31.5 Å². The summed E-state index contributed by atoms with van der Waals surface area (Å²) in [6.45, 7) is 3.59. The Morgan fingerprint density at radius 3 is 2.43 bits per heavy atom. The van der Waals surface area contributed by atoms with Gasteiger partial charge in [0.2, 0.25) is 10.0 Å². The van der Waals surface area contributed by atoms with E-state index in [9.17, 15) is 8.42 Å². The molecule has 1 aromatic heterocycles. The molecule has 4 nitrogen and oxygen atoms in total. The highest BCUT2D eigenvalue weighted by atomic mass is 32.2. The third-order valence-corrected chi connectivity index (χ3v) is 3.07. The fourth-order valence-electron chi connectivity index (χ4n) is 1.10. The van der Waals surface area contributed by atoms with E-state index in [1.54, 1.807) is 38.4 Å². The topological polar surface area (TPSA) is 59.1 Å². The van der Waals surface area contributed by atoms with Gasteiger partial charge in [0.15, 0.2) is 0 Å². The first kappa shape index (κ1) is 11.1. The second kappa shape index (κ2) is 4.52. The molecule has 1 N–H and O–H groups in total. The van der Waals surface area contributed by atoms with Gasteiger partial charge >= 0.3 is 0 Å². The van der Waals surface area contributed by atoms with Crippen LogP contribution in [0.3, 0.4) is 0 Å². The molecule has 0 aliphatic heterocycles. The van der Waals surface area contributed by atoms with Crippen LogP contribution in [0.5, 0.6) is 0 Å². The zero-order valence-electron chi connectivity index (χ0n) is 8.27. The largest absolute Gasteiger partial charge is 0.265 e. The fraction of sp³-hybridized carbons (Fsp3) is 0.444. The number of rotatable bonds is 4. The van der Waals surface area contributed by atoms with Crippen molar-refractivity contribution in [3.63, 3.8) is 0 Å². The van der Waals surface area contributed by atoms with Gasteiger partial charge in [-0.25, -0.2) is 13.1 Å². The van der Waals surface area contributed by atoms with Crippen molar-refractivity contribution in [1.29, 1.82) is 0 Å². The molecule has 0 amide bonds. The zero-order valence-corrected chi connectivity index (χ0v) is 9.08. The van der Waals surface area contributed by atoms with E-state index in [0.29, 0.717) is 0 Å². The molecule has 0 aliphatic carbocycles. The van der Waals surface area contributed by atoms with Gasteiger partial charge in [-0.15, -0.1) is 0 Å². The molecule has 0 unspecified atom stereocenters. The summed E-state index contributed by atoms with van der Waals surface area (Å²) in [5.41, 5.74) is 0.744. The minimum Gasteiger partial charge on any atom is -0.265 e. The standard InChI is InChI=1S/C9H14N2O2S/c1-8(2)11-14(12,13)7-9-3-5-10-6-4-9/h3-6,8,11H,7H2,1-2H3. The molecule has 0 fully saturated rings. The van der Waals surface area contributed by atoms with Crippen LogP contribution in [0, 0.1) is 0 Å². The Balaban J connectivity index is 2.70. The first-order chi connectivity index (χ1) is 6.49. The Morgan fingerprint density at radius 1 is 1.36 bits per heavy atom. The Morgan fingerprint density at radius 2 is 1.93 bits per heavy atom. The summed E-state index contributed by atoms with van der Waals surface area (Å²) in [5, 5.41) is 0. The molecule has 1 rings (SSSR count). The molecule has 0 radical (unpaired) electrons. The Labute approximate surface area is 84.4 Å². The summed E-state index contributed by atoms with van der Waals surface area (Å²) in [6.07, 6.45) is 3.17. The van der Waals surface area contributed by atoms with Gasteiger partial charge < -0.3 is 0 Å². The minimum absolute atomic E-state index is 0.00764. The van der Waals surface area contributed by atoms with Crippen LogP contribution in [0.4, 0.5) is 0 Å². The van der Waals surface area contributed by atoms with Gasteiger partial charge in [0.25, 0.3) is 0 Å². The average molecular weight is 214 g/mol. The van der Waals surface area contributed by atoms with E-state index in [4.69, 9.17) is 0 Å². The van der Waals surface area contributed by atoms with Crippen molar-refractivity contribution in [2.45, 2.75) is 25.6 Å². The van der Waals surface area contributed by atoms with Gasteiger partial charge in [0.1, 0.15) is 0 Å². The van der Waals surface area contributed by atoms with E-state index in [1.807, 2.05) is 0 Å². The van der Waals surface area contributed by atoms with Crippen molar-refractivity contribution < 1.29 is 8.42 Å². The fourth-order valence-corrected chi connectivity index (χ4v) is 2.53. The van der Waals surface area contributed by atoms with E-state index < -0.39 is 10.0 Å². The molecule has 78 valence electrons. The lowest BCUT2D eigenvalue weighted by molar-refractivity contribution is 0.569. The lowest BCUT2D eigenvalue weighted by Gasteiger charge is -2.08. The van der Waals surface area contributed by atoms with E-state index in [0.717, 1.165) is 5.56 Å². The molecule has 0 bridgehead atoms. The number of sulfonamides is 1. The van der Waals surface area contributed by atoms with Gasteiger partial charge in [-0.2, -0.15) is 0 Å². The third kappa shape index (κ3) is 3.85. The molecule has 0 aromatic carbocycles. The van der Waals surface area contributed by atoms with Crippen LogP contribution < -0.4 is 4.72 Å². The van der Waals surface area contributed by atoms with Crippen LogP contribution in [0.2, 0.25) is 0 Å². The third-order valence-electron chi connectivity index (χ3n) is 1.52. The van der Waals surface area contributed by atoms with Crippen LogP contribution in [0.1, 0.15) is 19.4 Å². The monoisotopic (exact) mass is 214 g/mol. The lowest BCUT2D eigenvalue weighted by Crippen LogP contribution is -2.31. The second-order valence-electron chi connectivity index (χ2n) is 3.39. The Kier molecular flexibility index (Phi) is 3.60. The van der Waals surface area contributed by atoms with Crippen LogP contribution in [0.15, 0.2) is 24.5 Å². The van der Waals surface area contributed by atoms with Gasteiger partial charge in [-0.1, -0.05) is 0 Å². The van der Waals surface area contributed by atoms with Crippen molar-refractivity contribution in [3.05, 3.63) is 30.1 Å². The molecule has 0 aliphatic rings. The van der Waals surface area contributed by atoms with Crippen LogP contribution in [-0.2, 0) is 15.8 Å². The molecular weight excluding hydrogens is 200 g/mol. The smallest absolute Gasteiger partial charge is 0.216 e. The molecule has 0 saturated heterocycles. The van der Waals surface area contributed by atoms with Crippen LogP contribution in [0.25, 0.3) is 0 Å². The molecule has 1 heterocycles. The van der Waals surface area contributed by atoms with Gasteiger partial charge in [0.05, 0.1) is 5.75 Å². The molecule has 0 spiro atoms. The zero-order chi connectivity index (χ0) is 10.6. The summed E-state index contributed by atoms with van der Waals surface area (Å²) in [5.74, 6) is 0.00764. The summed E-state index contributed by atoms with van der Waals surface area (Å²) >= 11 is 0. The Bertz CT molecular complexity index is 373. The van der Waals surface area contributed by atoms with E-state index in [-0.39, 0.29) is 11.8 Å². The molecule has 1 aromatic rings. The van der Waals surface area contributed by atoms with Crippen molar-refractivity contribution in [2.24, 2.45) is 0 Å². The number of aromatic nitrogens is 1. The molecule has 0 saturated carbocycles. The lowest BCUT2D eigenvalue weighted by atomic mass is 10.3. The maximum Gasteiger partial charge on any atom is 0.216 e.